The lowest BCUT2D eigenvalue weighted by Crippen LogP contribution is -2.24. The fraction of sp³-hybridized carbons (Fsp3) is 0.500. The Hall–Kier alpha value is -1.97. The molecule has 0 aromatic carbocycles. The molecular formula is C10H13N5O4. The largest absolute Gasteiger partial charge is 0.425 e. The minimum Gasteiger partial charge on any atom is -0.425 e. The van der Waals surface area contributed by atoms with Gasteiger partial charge in [-0.1, -0.05) is 0 Å². The van der Waals surface area contributed by atoms with Crippen molar-refractivity contribution in [2.24, 2.45) is 0 Å². The van der Waals surface area contributed by atoms with Crippen LogP contribution in [-0.4, -0.2) is 53.5 Å². The second-order valence-corrected chi connectivity index (χ2v) is 4.38. The van der Waals surface area contributed by atoms with Crippen molar-refractivity contribution in [3.63, 3.8) is 0 Å². The lowest BCUT2D eigenvalue weighted by atomic mass is 10.2. The molecule has 1 fully saturated rings. The number of aromatic nitrogens is 4. The smallest absolute Gasteiger partial charge is 0.192 e. The standard InChI is InChI=1S/C10H13N5O4/c11-9-8-10(13-4-15(9)18)14(3-12-8)7-1-5(17)6(2-16)19-7/h3-7,11,16-18H,1-2H2/t5-,6+,7+/m0/s1. The van der Waals surface area contributed by atoms with E-state index >= 15 is 0 Å². The number of nitrogens with one attached hydrogen (secondary N) is 1. The van der Waals surface area contributed by atoms with Crippen LogP contribution in [0.4, 0.5) is 0 Å². The van der Waals surface area contributed by atoms with Gasteiger partial charge in [-0.05, 0) is 0 Å². The quantitative estimate of drug-likeness (QED) is 0.495. The number of hydrogen-bond donors (Lipinski definition) is 4. The van der Waals surface area contributed by atoms with Gasteiger partial charge >= 0.3 is 0 Å². The molecule has 0 bridgehead atoms. The summed E-state index contributed by atoms with van der Waals surface area (Å²) >= 11 is 0. The summed E-state index contributed by atoms with van der Waals surface area (Å²) in [5.41, 5.74) is 0.433. The Kier molecular flexibility index (Phi) is 2.73. The predicted octanol–water partition coefficient (Wildman–Crippen LogP) is -1.41. The molecule has 0 amide bonds. The molecule has 1 aliphatic heterocycles. The highest BCUT2D eigenvalue weighted by Crippen LogP contribution is 2.29. The van der Waals surface area contributed by atoms with Crippen molar-refractivity contribution in [1.29, 1.82) is 5.41 Å². The Labute approximate surface area is 106 Å². The van der Waals surface area contributed by atoms with E-state index in [1.807, 2.05) is 0 Å². The highest BCUT2D eigenvalue weighted by atomic mass is 16.5. The Morgan fingerprint density at radius 3 is 2.89 bits per heavy atom. The number of ether oxygens (including phenoxy) is 1. The number of imidazole rings is 1. The topological polar surface area (TPSA) is 129 Å². The van der Waals surface area contributed by atoms with Gasteiger partial charge < -0.3 is 20.2 Å². The lowest BCUT2D eigenvalue weighted by molar-refractivity contribution is -0.0432. The molecule has 0 radical (unpaired) electrons. The summed E-state index contributed by atoms with van der Waals surface area (Å²) in [5, 5.41) is 35.7. The van der Waals surface area contributed by atoms with E-state index in [2.05, 4.69) is 9.97 Å². The van der Waals surface area contributed by atoms with Crippen LogP contribution in [0.2, 0.25) is 0 Å². The number of rotatable bonds is 2. The molecule has 3 rings (SSSR count). The molecule has 3 heterocycles. The van der Waals surface area contributed by atoms with Crippen LogP contribution in [0.3, 0.4) is 0 Å². The van der Waals surface area contributed by atoms with Crippen LogP contribution in [0.15, 0.2) is 12.7 Å². The maximum atomic E-state index is 9.71. The number of fused-ring (bicyclic) bond motifs is 1. The first kappa shape index (κ1) is 12.1. The first-order chi connectivity index (χ1) is 9.11. The van der Waals surface area contributed by atoms with Gasteiger partial charge in [0.05, 0.1) is 19.0 Å². The fourth-order valence-corrected chi connectivity index (χ4v) is 2.19. The number of hydrogen-bond acceptors (Lipinski definition) is 7. The molecule has 2 aromatic rings. The molecular weight excluding hydrogens is 254 g/mol. The van der Waals surface area contributed by atoms with Crippen LogP contribution in [0.5, 0.6) is 0 Å². The van der Waals surface area contributed by atoms with Crippen LogP contribution in [-0.2, 0) is 4.74 Å². The summed E-state index contributed by atoms with van der Waals surface area (Å²) in [5.74, 6) is 0. The first-order valence-electron chi connectivity index (χ1n) is 5.74. The van der Waals surface area contributed by atoms with Gasteiger partial charge in [-0.25, -0.2) is 9.97 Å². The molecule has 0 unspecified atom stereocenters. The third kappa shape index (κ3) is 1.79. The summed E-state index contributed by atoms with van der Waals surface area (Å²) in [7, 11) is 0. The molecule has 0 saturated carbocycles. The minimum atomic E-state index is -0.755. The van der Waals surface area contributed by atoms with Crippen molar-refractivity contribution in [3.8, 4) is 0 Å². The van der Waals surface area contributed by atoms with E-state index in [0.717, 1.165) is 6.33 Å². The Morgan fingerprint density at radius 2 is 2.21 bits per heavy atom. The zero-order valence-electron chi connectivity index (χ0n) is 9.84. The normalized spacial score (nSPS) is 27.2. The van der Waals surface area contributed by atoms with E-state index in [9.17, 15) is 10.3 Å². The van der Waals surface area contributed by atoms with Crippen molar-refractivity contribution in [2.75, 3.05) is 6.61 Å². The van der Waals surface area contributed by atoms with E-state index in [4.69, 9.17) is 15.3 Å². The Bertz CT molecular complexity index is 665. The molecule has 0 aliphatic carbocycles. The summed E-state index contributed by atoms with van der Waals surface area (Å²) in [6, 6.07) is 0. The zero-order chi connectivity index (χ0) is 13.6. The average Bonchev–Trinajstić information content (AvgIpc) is 2.97. The molecule has 2 aromatic heterocycles. The maximum absolute atomic E-state index is 9.71. The summed E-state index contributed by atoms with van der Waals surface area (Å²) in [6.07, 6.45) is 0.946. The van der Waals surface area contributed by atoms with E-state index in [0.29, 0.717) is 16.8 Å². The summed E-state index contributed by atoms with van der Waals surface area (Å²) in [4.78, 5) is 8.00. The van der Waals surface area contributed by atoms with Crippen LogP contribution >= 0.6 is 0 Å². The van der Waals surface area contributed by atoms with Gasteiger partial charge in [0.15, 0.2) is 16.7 Å². The van der Waals surface area contributed by atoms with Gasteiger partial charge in [-0.3, -0.25) is 9.98 Å². The predicted molar refractivity (Wildman–Crippen MR) is 60.2 cm³/mol. The number of aliphatic hydroxyl groups excluding tert-OH is 2. The summed E-state index contributed by atoms with van der Waals surface area (Å²) < 4.78 is 7.64. The van der Waals surface area contributed by atoms with Gasteiger partial charge in [0, 0.05) is 6.42 Å². The van der Waals surface area contributed by atoms with Crippen LogP contribution in [0.1, 0.15) is 12.6 Å². The van der Waals surface area contributed by atoms with E-state index in [1.54, 1.807) is 4.57 Å². The third-order valence-corrected chi connectivity index (χ3v) is 3.20. The molecule has 9 heteroatoms. The molecule has 1 saturated heterocycles. The average molecular weight is 267 g/mol. The van der Waals surface area contributed by atoms with Crippen LogP contribution in [0.25, 0.3) is 11.2 Å². The van der Waals surface area contributed by atoms with Crippen molar-refractivity contribution in [2.45, 2.75) is 24.9 Å². The van der Waals surface area contributed by atoms with Crippen LogP contribution < -0.4 is 5.49 Å². The van der Waals surface area contributed by atoms with Gasteiger partial charge in [0.1, 0.15) is 18.7 Å². The fourth-order valence-electron chi connectivity index (χ4n) is 2.19. The van der Waals surface area contributed by atoms with Gasteiger partial charge in [-0.15, -0.1) is 0 Å². The second-order valence-electron chi connectivity index (χ2n) is 4.38. The second kappa shape index (κ2) is 4.30. The van der Waals surface area contributed by atoms with Crippen molar-refractivity contribution in [3.05, 3.63) is 18.1 Å². The SMILES string of the molecule is N=c1c2ncn([C@H]3C[C@H](O)[C@@H](CO)O3)c2ncn1O. The van der Waals surface area contributed by atoms with Crippen LogP contribution in [0, 0.1) is 5.41 Å². The highest BCUT2D eigenvalue weighted by molar-refractivity contribution is 5.68. The monoisotopic (exact) mass is 267 g/mol. The molecule has 9 nitrogen and oxygen atoms in total. The number of aliphatic hydroxyl groups is 2. The molecule has 19 heavy (non-hydrogen) atoms. The maximum Gasteiger partial charge on any atom is 0.192 e. The van der Waals surface area contributed by atoms with Gasteiger partial charge in [-0.2, -0.15) is 4.73 Å². The summed E-state index contributed by atoms with van der Waals surface area (Å²) in [6.45, 7) is -0.266. The van der Waals surface area contributed by atoms with E-state index in [-0.39, 0.29) is 17.6 Å². The first-order valence-corrected chi connectivity index (χ1v) is 5.74. The highest BCUT2D eigenvalue weighted by Gasteiger charge is 2.35. The Morgan fingerprint density at radius 1 is 1.42 bits per heavy atom. The zero-order valence-corrected chi connectivity index (χ0v) is 9.84. The molecule has 0 spiro atoms. The molecule has 1 aliphatic rings. The van der Waals surface area contributed by atoms with E-state index < -0.39 is 18.4 Å². The Balaban J connectivity index is 2.03. The lowest BCUT2D eigenvalue weighted by Gasteiger charge is -2.13. The van der Waals surface area contributed by atoms with Gasteiger partial charge in [0.25, 0.3) is 0 Å². The van der Waals surface area contributed by atoms with Crippen molar-refractivity contribution in [1.82, 2.24) is 19.3 Å². The minimum absolute atomic E-state index is 0.180. The van der Waals surface area contributed by atoms with Crippen molar-refractivity contribution >= 4 is 11.2 Å². The van der Waals surface area contributed by atoms with Crippen molar-refractivity contribution < 1.29 is 20.2 Å². The molecule has 3 atom stereocenters. The third-order valence-electron chi connectivity index (χ3n) is 3.20. The molecule has 4 N–H and O–H groups in total. The number of nitrogens with zero attached hydrogens (tertiary/aromatic N) is 4. The molecule has 102 valence electrons. The van der Waals surface area contributed by atoms with Gasteiger partial charge in [0.2, 0.25) is 0 Å². The van der Waals surface area contributed by atoms with E-state index in [1.165, 1.54) is 6.33 Å².